The molecule has 1 aliphatic carbocycles. The second kappa shape index (κ2) is 5.68. The van der Waals surface area contributed by atoms with E-state index in [-0.39, 0.29) is 0 Å². The zero-order chi connectivity index (χ0) is 13.0. The molecule has 1 aliphatic rings. The fraction of sp³-hybridized carbons (Fsp3) is 0.615. The second-order valence-corrected chi connectivity index (χ2v) is 5.99. The molecule has 0 bridgehead atoms. The van der Waals surface area contributed by atoms with E-state index in [0.717, 1.165) is 23.6 Å². The van der Waals surface area contributed by atoms with Crippen molar-refractivity contribution in [3.63, 3.8) is 0 Å². The van der Waals surface area contributed by atoms with Crippen molar-refractivity contribution in [1.82, 2.24) is 15.3 Å². The van der Waals surface area contributed by atoms with Crippen LogP contribution >= 0.6 is 11.8 Å². The lowest BCUT2D eigenvalue weighted by Crippen LogP contribution is -2.51. The van der Waals surface area contributed by atoms with E-state index < -0.39 is 5.54 Å². The van der Waals surface area contributed by atoms with Gasteiger partial charge in [0, 0.05) is 18.0 Å². The third-order valence-corrected chi connectivity index (χ3v) is 4.16. The van der Waals surface area contributed by atoms with Crippen molar-refractivity contribution in [2.45, 2.75) is 43.3 Å². The Morgan fingerprint density at radius 3 is 2.89 bits per heavy atom. The molecule has 1 aromatic rings. The van der Waals surface area contributed by atoms with Crippen LogP contribution in [0.5, 0.6) is 0 Å². The molecule has 2 rings (SSSR count). The van der Waals surface area contributed by atoms with Gasteiger partial charge in [0.25, 0.3) is 0 Å². The summed E-state index contributed by atoms with van der Waals surface area (Å²) in [5, 5.41) is 13.9. The van der Waals surface area contributed by atoms with Crippen molar-refractivity contribution in [3.05, 3.63) is 18.6 Å². The molecule has 96 valence electrons. The third kappa shape index (κ3) is 3.21. The van der Waals surface area contributed by atoms with Gasteiger partial charge in [-0.1, -0.05) is 0 Å². The zero-order valence-electron chi connectivity index (χ0n) is 10.8. The maximum atomic E-state index is 9.56. The van der Waals surface area contributed by atoms with Crippen LogP contribution < -0.4 is 5.32 Å². The molecule has 1 atom stereocenters. The molecule has 1 saturated carbocycles. The van der Waals surface area contributed by atoms with Gasteiger partial charge in [-0.05, 0) is 38.7 Å². The van der Waals surface area contributed by atoms with Crippen LogP contribution in [0, 0.1) is 17.2 Å². The average Bonchev–Trinajstić information content (AvgIpc) is 3.20. The van der Waals surface area contributed by atoms with Crippen molar-refractivity contribution < 1.29 is 0 Å². The van der Waals surface area contributed by atoms with E-state index in [1.54, 1.807) is 24.3 Å². The Kier molecular flexibility index (Phi) is 4.20. The molecule has 1 fully saturated rings. The summed E-state index contributed by atoms with van der Waals surface area (Å²) in [7, 11) is 0. The lowest BCUT2D eigenvalue weighted by atomic mass is 9.96. The summed E-state index contributed by atoms with van der Waals surface area (Å²) in [4.78, 5) is 8.09. The van der Waals surface area contributed by atoms with E-state index in [1.807, 2.05) is 6.07 Å². The highest BCUT2D eigenvalue weighted by atomic mass is 32.2. The van der Waals surface area contributed by atoms with Gasteiger partial charge in [-0.2, -0.15) is 5.26 Å². The van der Waals surface area contributed by atoms with Gasteiger partial charge < -0.3 is 0 Å². The number of nitrogens with one attached hydrogen (secondary N) is 1. The first kappa shape index (κ1) is 13.3. The predicted molar refractivity (Wildman–Crippen MR) is 72.1 cm³/mol. The van der Waals surface area contributed by atoms with Crippen LogP contribution in [0.15, 0.2) is 23.6 Å². The Bertz CT molecular complexity index is 424. The van der Waals surface area contributed by atoms with Crippen molar-refractivity contribution in [3.8, 4) is 6.07 Å². The Hall–Kier alpha value is -1.12. The van der Waals surface area contributed by atoms with Crippen molar-refractivity contribution >= 4 is 11.8 Å². The Balaban J connectivity index is 2.04. The van der Waals surface area contributed by atoms with Crippen molar-refractivity contribution in [2.75, 3.05) is 5.75 Å². The van der Waals surface area contributed by atoms with Gasteiger partial charge in [0.15, 0.2) is 0 Å². The average molecular weight is 262 g/mol. The number of hydrogen-bond acceptors (Lipinski definition) is 5. The van der Waals surface area contributed by atoms with Gasteiger partial charge in [0.05, 0.1) is 11.1 Å². The fourth-order valence-electron chi connectivity index (χ4n) is 2.08. The molecule has 4 nitrogen and oxygen atoms in total. The zero-order valence-corrected chi connectivity index (χ0v) is 11.6. The van der Waals surface area contributed by atoms with Crippen LogP contribution in [0.25, 0.3) is 0 Å². The van der Waals surface area contributed by atoms with Crippen molar-refractivity contribution in [2.24, 2.45) is 5.92 Å². The first-order chi connectivity index (χ1) is 8.66. The quantitative estimate of drug-likeness (QED) is 0.629. The highest BCUT2D eigenvalue weighted by molar-refractivity contribution is 7.99. The van der Waals surface area contributed by atoms with Gasteiger partial charge in [-0.25, -0.2) is 9.97 Å². The molecule has 0 amide bonds. The van der Waals surface area contributed by atoms with E-state index in [4.69, 9.17) is 0 Å². The summed E-state index contributed by atoms with van der Waals surface area (Å²) < 4.78 is 0. The summed E-state index contributed by atoms with van der Waals surface area (Å²) in [5.41, 5.74) is -0.413. The summed E-state index contributed by atoms with van der Waals surface area (Å²) in [6.07, 6.45) is 5.58. The van der Waals surface area contributed by atoms with E-state index in [0.29, 0.717) is 12.0 Å². The molecule has 0 radical (unpaired) electrons. The third-order valence-electron chi connectivity index (χ3n) is 3.02. The summed E-state index contributed by atoms with van der Waals surface area (Å²) in [5.74, 6) is 1.22. The standard InChI is InChI=1S/C13H18N4S/c1-10(2)17-13(7-14,11-3-4-11)8-18-12-5-6-15-9-16-12/h5-6,9-11,17H,3-4,8H2,1-2H3. The van der Waals surface area contributed by atoms with Crippen LogP contribution in [-0.4, -0.2) is 27.3 Å². The van der Waals surface area contributed by atoms with Crippen LogP contribution in [0.1, 0.15) is 26.7 Å². The van der Waals surface area contributed by atoms with Crippen LogP contribution in [0.3, 0.4) is 0 Å². The molecule has 1 N–H and O–H groups in total. The highest BCUT2D eigenvalue weighted by Crippen LogP contribution is 2.42. The molecule has 0 aliphatic heterocycles. The SMILES string of the molecule is CC(C)NC(C#N)(CSc1ccncn1)C1CC1. The normalized spacial score (nSPS) is 18.3. The lowest BCUT2D eigenvalue weighted by molar-refractivity contribution is 0.370. The number of rotatable bonds is 6. The summed E-state index contributed by atoms with van der Waals surface area (Å²) >= 11 is 1.63. The van der Waals surface area contributed by atoms with Gasteiger partial charge in [0.2, 0.25) is 0 Å². The van der Waals surface area contributed by atoms with Gasteiger partial charge in [-0.15, -0.1) is 11.8 Å². The molecule has 18 heavy (non-hydrogen) atoms. The largest absolute Gasteiger partial charge is 0.296 e. The molecule has 1 unspecified atom stereocenters. The maximum Gasteiger partial charge on any atom is 0.119 e. The van der Waals surface area contributed by atoms with Gasteiger partial charge in [0.1, 0.15) is 11.9 Å². The summed E-state index contributed by atoms with van der Waals surface area (Å²) in [6.45, 7) is 4.17. The number of hydrogen-bond donors (Lipinski definition) is 1. The number of thioether (sulfide) groups is 1. The monoisotopic (exact) mass is 262 g/mol. The molecule has 0 spiro atoms. The molecule has 0 saturated heterocycles. The number of nitriles is 1. The Labute approximate surface area is 112 Å². The maximum absolute atomic E-state index is 9.56. The minimum Gasteiger partial charge on any atom is -0.296 e. The predicted octanol–water partition coefficient (Wildman–Crippen LogP) is 2.24. The highest BCUT2D eigenvalue weighted by Gasteiger charge is 2.46. The molecule has 0 aromatic carbocycles. The van der Waals surface area contributed by atoms with E-state index in [2.05, 4.69) is 35.2 Å². The van der Waals surface area contributed by atoms with Gasteiger partial charge in [-0.3, -0.25) is 5.32 Å². The van der Waals surface area contributed by atoms with E-state index in [1.165, 1.54) is 0 Å². The number of aromatic nitrogens is 2. The van der Waals surface area contributed by atoms with Crippen molar-refractivity contribution in [1.29, 1.82) is 5.26 Å². The molecule has 5 heteroatoms. The van der Waals surface area contributed by atoms with E-state index >= 15 is 0 Å². The lowest BCUT2D eigenvalue weighted by Gasteiger charge is -2.29. The van der Waals surface area contributed by atoms with Crippen LogP contribution in [-0.2, 0) is 0 Å². The van der Waals surface area contributed by atoms with E-state index in [9.17, 15) is 5.26 Å². The van der Waals surface area contributed by atoms with Crippen LogP contribution in [0.2, 0.25) is 0 Å². The molecular weight excluding hydrogens is 244 g/mol. The minimum absolute atomic E-state index is 0.316. The smallest absolute Gasteiger partial charge is 0.119 e. The van der Waals surface area contributed by atoms with Crippen LogP contribution in [0.4, 0.5) is 0 Å². The molecule has 1 heterocycles. The second-order valence-electron chi connectivity index (χ2n) is 4.99. The Morgan fingerprint density at radius 1 is 1.61 bits per heavy atom. The minimum atomic E-state index is -0.413. The van der Waals surface area contributed by atoms with Gasteiger partial charge >= 0.3 is 0 Å². The summed E-state index contributed by atoms with van der Waals surface area (Å²) in [6, 6.07) is 4.70. The first-order valence-electron chi connectivity index (χ1n) is 6.24. The molecule has 1 aromatic heterocycles. The Morgan fingerprint density at radius 2 is 2.39 bits per heavy atom. The molecular formula is C13H18N4S. The first-order valence-corrected chi connectivity index (χ1v) is 7.22. The topological polar surface area (TPSA) is 61.6 Å². The fourth-order valence-corrected chi connectivity index (χ4v) is 3.11. The number of nitrogens with zero attached hydrogens (tertiary/aromatic N) is 3.